The Morgan fingerprint density at radius 3 is 2.93 bits per heavy atom. The zero-order valence-corrected chi connectivity index (χ0v) is 8.29. The van der Waals surface area contributed by atoms with Crippen LogP contribution in [0.4, 0.5) is 0 Å². The topological polar surface area (TPSA) is 43.1 Å². The van der Waals surface area contributed by atoms with Crippen molar-refractivity contribution in [2.24, 2.45) is 0 Å². The summed E-state index contributed by atoms with van der Waals surface area (Å²) >= 11 is 1.67. The van der Waals surface area contributed by atoms with Crippen LogP contribution in [0, 0.1) is 10.1 Å². The van der Waals surface area contributed by atoms with E-state index < -0.39 is 0 Å². The molecule has 0 unspecified atom stereocenters. The van der Waals surface area contributed by atoms with Gasteiger partial charge < -0.3 is 0 Å². The van der Waals surface area contributed by atoms with Gasteiger partial charge in [0.05, 0.1) is 4.92 Å². The van der Waals surface area contributed by atoms with Gasteiger partial charge in [-0.15, -0.1) is 11.8 Å². The van der Waals surface area contributed by atoms with Crippen molar-refractivity contribution in [3.05, 3.63) is 45.6 Å². The van der Waals surface area contributed by atoms with Crippen LogP contribution in [0.3, 0.4) is 0 Å². The summed E-state index contributed by atoms with van der Waals surface area (Å²) in [6, 6.07) is 7.77. The lowest BCUT2D eigenvalue weighted by Gasteiger charge is -1.99. The van der Waals surface area contributed by atoms with Crippen molar-refractivity contribution < 1.29 is 4.92 Å². The molecule has 0 bridgehead atoms. The first-order valence-corrected chi connectivity index (χ1v) is 5.33. The second kappa shape index (κ2) is 3.84. The zero-order chi connectivity index (χ0) is 9.97. The molecule has 2 rings (SSSR count). The van der Waals surface area contributed by atoms with Gasteiger partial charge in [-0.05, 0) is 11.6 Å². The SMILES string of the molecule is O=[N+]([O-])C1=Cc2ccccc2SCC1. The number of benzene rings is 1. The molecule has 0 aliphatic carbocycles. The monoisotopic (exact) mass is 207 g/mol. The zero-order valence-electron chi connectivity index (χ0n) is 7.47. The predicted octanol–water partition coefficient (Wildman–Crippen LogP) is 2.80. The molecule has 3 nitrogen and oxygen atoms in total. The summed E-state index contributed by atoms with van der Waals surface area (Å²) in [5.41, 5.74) is 1.27. The summed E-state index contributed by atoms with van der Waals surface area (Å²) in [5, 5.41) is 10.6. The lowest BCUT2D eigenvalue weighted by molar-refractivity contribution is -0.425. The molecule has 72 valence electrons. The second-order valence-corrected chi connectivity index (χ2v) is 4.17. The standard InChI is InChI=1S/C10H9NO2S/c12-11(13)9-5-6-14-10-4-2-1-3-8(10)7-9/h1-4,7H,5-6H2. The average molecular weight is 207 g/mol. The molecule has 0 saturated carbocycles. The number of hydrogen-bond donors (Lipinski definition) is 0. The number of allylic oxidation sites excluding steroid dienone is 1. The third kappa shape index (κ3) is 1.80. The van der Waals surface area contributed by atoms with E-state index in [2.05, 4.69) is 0 Å². The van der Waals surface area contributed by atoms with Gasteiger partial charge in [-0.2, -0.15) is 0 Å². The minimum Gasteiger partial charge on any atom is -0.259 e. The quantitative estimate of drug-likeness (QED) is 0.525. The minimum absolute atomic E-state index is 0.289. The van der Waals surface area contributed by atoms with Crippen molar-refractivity contribution in [3.63, 3.8) is 0 Å². The predicted molar refractivity (Wildman–Crippen MR) is 56.8 cm³/mol. The maximum absolute atomic E-state index is 10.6. The molecule has 0 atom stereocenters. The molecular formula is C10H9NO2S. The Morgan fingerprint density at radius 1 is 1.36 bits per heavy atom. The van der Waals surface area contributed by atoms with E-state index in [-0.39, 0.29) is 4.92 Å². The maximum atomic E-state index is 10.6. The summed E-state index contributed by atoms with van der Waals surface area (Å²) in [5.74, 6) is 0.782. The molecule has 0 saturated heterocycles. The molecule has 0 spiro atoms. The largest absolute Gasteiger partial charge is 0.259 e. The normalized spacial score (nSPS) is 15.3. The minimum atomic E-state index is -0.289. The molecule has 0 amide bonds. The van der Waals surface area contributed by atoms with Gasteiger partial charge in [0.1, 0.15) is 0 Å². The van der Waals surface area contributed by atoms with Crippen molar-refractivity contribution in [2.45, 2.75) is 11.3 Å². The molecular weight excluding hydrogens is 198 g/mol. The van der Waals surface area contributed by atoms with Gasteiger partial charge in [-0.1, -0.05) is 18.2 Å². The Labute approximate surface area is 86.0 Å². The third-order valence-electron chi connectivity index (χ3n) is 2.09. The number of hydrogen-bond acceptors (Lipinski definition) is 3. The Bertz CT molecular complexity index is 401. The fourth-order valence-corrected chi connectivity index (χ4v) is 2.39. The first kappa shape index (κ1) is 9.27. The van der Waals surface area contributed by atoms with Crippen LogP contribution in [-0.4, -0.2) is 10.7 Å². The van der Waals surface area contributed by atoms with E-state index in [1.54, 1.807) is 17.8 Å². The lowest BCUT2D eigenvalue weighted by atomic mass is 10.2. The van der Waals surface area contributed by atoms with E-state index in [4.69, 9.17) is 0 Å². The van der Waals surface area contributed by atoms with Gasteiger partial charge in [0.2, 0.25) is 5.70 Å². The van der Waals surface area contributed by atoms with Crippen LogP contribution in [0.15, 0.2) is 34.9 Å². The Hall–Kier alpha value is -1.29. The van der Waals surface area contributed by atoms with Crippen LogP contribution in [0.5, 0.6) is 0 Å². The van der Waals surface area contributed by atoms with Crippen LogP contribution < -0.4 is 0 Å². The van der Waals surface area contributed by atoms with Crippen molar-refractivity contribution >= 4 is 17.8 Å². The van der Waals surface area contributed by atoms with Gasteiger partial charge in [0, 0.05) is 23.1 Å². The van der Waals surface area contributed by atoms with E-state index in [1.165, 1.54) is 0 Å². The highest BCUT2D eigenvalue weighted by Crippen LogP contribution is 2.30. The van der Waals surface area contributed by atoms with Crippen molar-refractivity contribution in [3.8, 4) is 0 Å². The van der Waals surface area contributed by atoms with Gasteiger partial charge in [-0.3, -0.25) is 10.1 Å². The fraction of sp³-hybridized carbons (Fsp3) is 0.200. The molecule has 1 heterocycles. The molecule has 1 aliphatic heterocycles. The van der Waals surface area contributed by atoms with Gasteiger partial charge in [0.15, 0.2) is 0 Å². The molecule has 0 aromatic heterocycles. The van der Waals surface area contributed by atoms with Crippen LogP contribution in [0.2, 0.25) is 0 Å². The van der Waals surface area contributed by atoms with E-state index in [9.17, 15) is 10.1 Å². The number of nitro groups is 1. The van der Waals surface area contributed by atoms with Crippen molar-refractivity contribution in [1.29, 1.82) is 0 Å². The van der Waals surface area contributed by atoms with E-state index in [1.807, 2.05) is 24.3 Å². The van der Waals surface area contributed by atoms with Crippen LogP contribution in [-0.2, 0) is 0 Å². The van der Waals surface area contributed by atoms with E-state index in [0.29, 0.717) is 12.1 Å². The first-order chi connectivity index (χ1) is 6.77. The average Bonchev–Trinajstić information content (AvgIpc) is 2.39. The van der Waals surface area contributed by atoms with E-state index in [0.717, 1.165) is 16.2 Å². The second-order valence-electron chi connectivity index (χ2n) is 3.03. The van der Waals surface area contributed by atoms with E-state index >= 15 is 0 Å². The molecule has 4 heteroatoms. The highest BCUT2D eigenvalue weighted by Gasteiger charge is 2.15. The number of rotatable bonds is 1. The van der Waals surface area contributed by atoms with Crippen LogP contribution in [0.1, 0.15) is 12.0 Å². The smallest absolute Gasteiger partial charge is 0.247 e. The molecule has 0 radical (unpaired) electrons. The number of nitrogens with zero attached hydrogens (tertiary/aromatic N) is 1. The van der Waals surface area contributed by atoms with Crippen LogP contribution in [0.25, 0.3) is 6.08 Å². The van der Waals surface area contributed by atoms with Gasteiger partial charge in [0.25, 0.3) is 0 Å². The summed E-state index contributed by atoms with van der Waals surface area (Å²) in [6.45, 7) is 0. The van der Waals surface area contributed by atoms with Crippen molar-refractivity contribution in [1.82, 2.24) is 0 Å². The lowest BCUT2D eigenvalue weighted by Crippen LogP contribution is -1.98. The molecule has 1 aromatic rings. The first-order valence-electron chi connectivity index (χ1n) is 4.34. The van der Waals surface area contributed by atoms with Gasteiger partial charge in [-0.25, -0.2) is 0 Å². The highest BCUT2D eigenvalue weighted by molar-refractivity contribution is 7.99. The van der Waals surface area contributed by atoms with Crippen LogP contribution >= 0.6 is 11.8 Å². The summed E-state index contributed by atoms with van der Waals surface area (Å²) in [4.78, 5) is 11.5. The molecule has 14 heavy (non-hydrogen) atoms. The van der Waals surface area contributed by atoms with Crippen molar-refractivity contribution in [2.75, 3.05) is 5.75 Å². The summed E-state index contributed by atoms with van der Waals surface area (Å²) in [7, 11) is 0. The summed E-state index contributed by atoms with van der Waals surface area (Å²) in [6.07, 6.45) is 2.21. The molecule has 1 aromatic carbocycles. The van der Waals surface area contributed by atoms with Gasteiger partial charge >= 0.3 is 0 Å². The summed E-state index contributed by atoms with van der Waals surface area (Å²) < 4.78 is 0. The Balaban J connectivity index is 2.44. The Morgan fingerprint density at radius 2 is 2.14 bits per heavy atom. The molecule has 1 aliphatic rings. The third-order valence-corrected chi connectivity index (χ3v) is 3.18. The number of thioether (sulfide) groups is 1. The highest BCUT2D eigenvalue weighted by atomic mass is 32.2. The Kier molecular flexibility index (Phi) is 2.54. The molecule has 0 N–H and O–H groups in total. The fourth-order valence-electron chi connectivity index (χ4n) is 1.39. The number of fused-ring (bicyclic) bond motifs is 1. The maximum Gasteiger partial charge on any atom is 0.247 e. The molecule has 0 fully saturated rings.